The lowest BCUT2D eigenvalue weighted by atomic mass is 10.1. The van der Waals surface area contributed by atoms with Crippen LogP contribution < -0.4 is 27.8 Å². The number of anilines is 5. The number of imidazole rings is 4. The van der Waals surface area contributed by atoms with E-state index in [1.54, 1.807) is 52.6 Å². The molecule has 0 radical (unpaired) electrons. The maximum atomic E-state index is 10.5. The fourth-order valence-electron chi connectivity index (χ4n) is 11.8. The number of nitrogens with one attached hydrogen (secondary N) is 2. The van der Waals surface area contributed by atoms with Crippen LogP contribution in [0.25, 0.3) is 44.7 Å². The van der Waals surface area contributed by atoms with E-state index >= 15 is 0 Å². The van der Waals surface area contributed by atoms with Gasteiger partial charge in [-0.25, -0.2) is 54.8 Å². The van der Waals surface area contributed by atoms with Gasteiger partial charge in [-0.3, -0.25) is 18.3 Å². The molecule has 4 aliphatic heterocycles. The minimum atomic E-state index is -1.24. The Morgan fingerprint density at radius 2 is 0.845 bits per heavy atom. The summed E-state index contributed by atoms with van der Waals surface area (Å²) in [7, 11) is 1.76. The molecule has 97 heavy (non-hydrogen) atoms. The molecule has 4 aliphatic rings. The third-order valence-corrected chi connectivity index (χ3v) is 22.9. The van der Waals surface area contributed by atoms with Crippen molar-refractivity contribution in [2.45, 2.75) is 138 Å². The monoisotopic (exact) mass is 1430 g/mol. The van der Waals surface area contributed by atoms with E-state index in [2.05, 4.69) is 144 Å². The molecule has 4 fully saturated rings. The summed E-state index contributed by atoms with van der Waals surface area (Å²) in [6.45, 7) is 16.6. The average Bonchev–Trinajstić information content (AvgIpc) is 1.58. The number of pyridine rings is 1. The van der Waals surface area contributed by atoms with Gasteiger partial charge in [-0.2, -0.15) is 0 Å². The summed E-state index contributed by atoms with van der Waals surface area (Å²) in [5.41, 5.74) is 22.3. The molecule has 8 aromatic heterocycles. The second-order valence-electron chi connectivity index (χ2n) is 27.7. The quantitative estimate of drug-likeness (QED) is 0.0517. The van der Waals surface area contributed by atoms with E-state index in [9.17, 15) is 40.9 Å². The maximum Gasteiger partial charge on any atom is 0.204 e. The van der Waals surface area contributed by atoms with Crippen LogP contribution in [0.1, 0.15) is 63.3 Å². The molecule has 8 aromatic rings. The second kappa shape index (κ2) is 30.4. The zero-order chi connectivity index (χ0) is 71.0. The van der Waals surface area contributed by atoms with Crippen molar-refractivity contribution >= 4 is 126 Å². The number of nitrogen functional groups attached to an aromatic ring is 3. The molecule has 36 heteroatoms. The summed E-state index contributed by atoms with van der Waals surface area (Å²) in [6.07, 6.45) is 19.0. The first-order chi connectivity index (χ1) is 45.5. The van der Waals surface area contributed by atoms with E-state index < -0.39 is 126 Å². The van der Waals surface area contributed by atoms with E-state index in [-0.39, 0.29) is 11.8 Å². The minimum Gasteiger partial charge on any atom is -0.397 e. The van der Waals surface area contributed by atoms with Crippen LogP contribution in [0.4, 0.5) is 29.1 Å². The van der Waals surface area contributed by atoms with Gasteiger partial charge in [0.2, 0.25) is 5.95 Å². The molecule has 12 heterocycles. The first-order valence-electron chi connectivity index (χ1n) is 31.9. The summed E-state index contributed by atoms with van der Waals surface area (Å²) >= 11 is 0. The SMILES string of the molecule is C=P(C)(C)CC[C@H]1OC(n2c(N)nc3c(N)ccnc32)[C@H](O)[C@@H]1O.C=P(C)(C)CC[C@H]1OC(n2cnc3c(N)nc(C)nc32)[C@H](O)[C@@H]1O.C=P(C)(C)CC[C@H]1OC(n2cnc3c(NC)ncnc32)[C@H](O)[C@@H]1O.C=P(C)(C)CC[C@H]1OC(n2cnc3c(NCC)ncnc32)[C@H](O)[C@@H]1O. The van der Waals surface area contributed by atoms with Crippen LogP contribution in [-0.4, -0.2) is 304 Å². The molecular formula is C61H98N20O12P4. The van der Waals surface area contributed by atoms with Gasteiger partial charge in [0, 0.05) is 19.8 Å². The number of rotatable bonds is 19. The number of hydrogen-bond acceptors (Lipinski definition) is 28. The van der Waals surface area contributed by atoms with E-state index in [1.807, 2.05) is 6.92 Å². The lowest BCUT2D eigenvalue weighted by Crippen LogP contribution is -2.32. The van der Waals surface area contributed by atoms with Gasteiger partial charge >= 0.3 is 0 Å². The van der Waals surface area contributed by atoms with Crippen LogP contribution in [0.15, 0.2) is 43.9 Å². The molecule has 4 unspecified atom stereocenters. The van der Waals surface area contributed by atoms with Crippen LogP contribution >= 0.6 is 27.5 Å². The van der Waals surface area contributed by atoms with Crippen molar-refractivity contribution in [1.29, 1.82) is 0 Å². The predicted molar refractivity (Wildman–Crippen MR) is 390 cm³/mol. The van der Waals surface area contributed by atoms with Crippen LogP contribution in [0.5, 0.6) is 0 Å². The highest BCUT2D eigenvalue weighted by Crippen LogP contribution is 2.45. The Kier molecular flexibility index (Phi) is 23.6. The van der Waals surface area contributed by atoms with Gasteiger partial charge in [-0.1, -0.05) is 0 Å². The number of aryl methyl sites for hydroxylation is 1. The summed E-state index contributed by atoms with van der Waals surface area (Å²) in [5, 5.41) is 89.2. The third-order valence-electron chi connectivity index (χ3n) is 17.0. The molecule has 12 rings (SSSR count). The predicted octanol–water partition coefficient (Wildman–Crippen LogP) is 2.31. The van der Waals surface area contributed by atoms with E-state index in [1.165, 1.54) is 23.5 Å². The molecule has 0 amide bonds. The van der Waals surface area contributed by atoms with Crippen molar-refractivity contribution in [2.75, 3.05) is 119 Å². The smallest absolute Gasteiger partial charge is 0.204 e. The Bertz CT molecular complexity index is 4230. The Balaban J connectivity index is 0.000000152. The molecule has 0 bridgehead atoms. The molecule has 4 saturated heterocycles. The van der Waals surface area contributed by atoms with Crippen molar-refractivity contribution in [2.24, 2.45) is 0 Å². The molecule has 0 spiro atoms. The van der Waals surface area contributed by atoms with Crippen LogP contribution in [0.2, 0.25) is 0 Å². The van der Waals surface area contributed by atoms with Crippen LogP contribution in [-0.2, 0) is 18.9 Å². The number of fused-ring (bicyclic) bond motifs is 4. The Labute approximate surface area is 563 Å². The number of aromatic nitrogens is 15. The number of aliphatic hydroxyl groups is 8. The lowest BCUT2D eigenvalue weighted by molar-refractivity contribution is -0.0353. The number of nitrogens with zero attached hydrogens (tertiary/aromatic N) is 15. The van der Waals surface area contributed by atoms with E-state index in [0.717, 1.165) is 24.6 Å². The van der Waals surface area contributed by atoms with Gasteiger partial charge in [0.05, 0.1) is 49.1 Å². The van der Waals surface area contributed by atoms with Crippen molar-refractivity contribution in [3.05, 3.63) is 49.7 Å². The molecule has 32 nitrogen and oxygen atoms in total. The fourth-order valence-corrected chi connectivity index (χ4v) is 15.6. The Hall–Kier alpha value is -6.01. The largest absolute Gasteiger partial charge is 0.397 e. The number of aliphatic hydroxyl groups excluding tert-OH is 8. The molecule has 16 atom stereocenters. The minimum absolute atomic E-state index is 0.136. The highest BCUT2D eigenvalue weighted by atomic mass is 31.2. The Morgan fingerprint density at radius 1 is 0.464 bits per heavy atom. The van der Waals surface area contributed by atoms with Crippen molar-refractivity contribution in [3.63, 3.8) is 0 Å². The molecule has 0 saturated carbocycles. The topological polar surface area (TPSA) is 462 Å². The third kappa shape index (κ3) is 17.4. The first-order valence-corrected chi connectivity index (χ1v) is 44.1. The standard InChI is InChI=1S/C16H26N5O3P.3C15H24N5O3P/c1-5-17-14-11-15(19-8-18-14)21(9-20-11)16-13(23)12(22)10(24-16)6-7-25(2,3)4;1-16-13-10-14(18-7-17-13)20(8-19-10)15-12(22)11(21)9(23-15)5-6-24(2,3)4;1-8-18-13(16)10-14(19-8)20(7-17-10)15-12(22)11(21)9(23-15)5-6-24(2,3)4;1-24(2,3)7-5-9-11(21)12(22)14(23-9)20-13-10(19-15(20)17)8(16)4-6-18-13/h8-10,12-13,16,22-23H,2,5-7H2,1,3-4H3,(H,17,18,19);7-9,11-12,15,21-22H,2,5-6H2,1,3-4H3,(H,16,17,18);7,9,11-12,15,21-22H,2,5-6H2,1,3-4H3,(H2,16,18,19);4,6,9,11-12,14,21-22H,1,5,7H2,2-3H3,(H2,16,18)(H2,17,19)/t10-,12-,13-,16?;2*9-,11-,12-,15?;9-,11-,12-,14?/m1111/s1. The van der Waals surface area contributed by atoms with Gasteiger partial charge in [0.15, 0.2) is 70.5 Å². The maximum absolute atomic E-state index is 10.5. The van der Waals surface area contributed by atoms with Crippen molar-refractivity contribution in [3.8, 4) is 0 Å². The first kappa shape index (κ1) is 75.2. The molecular weight excluding hydrogens is 1330 g/mol. The van der Waals surface area contributed by atoms with Crippen LogP contribution in [0, 0.1) is 6.92 Å². The van der Waals surface area contributed by atoms with E-state index in [4.69, 9.17) is 36.1 Å². The number of hydrogen-bond donors (Lipinski definition) is 13. The lowest BCUT2D eigenvalue weighted by Gasteiger charge is -2.19. The van der Waals surface area contributed by atoms with Crippen molar-refractivity contribution in [1.82, 2.24) is 73.1 Å². The molecule has 16 N–H and O–H groups in total. The summed E-state index contributed by atoms with van der Waals surface area (Å²) in [5.74, 6) is 2.17. The van der Waals surface area contributed by atoms with Crippen LogP contribution in [0.3, 0.4) is 0 Å². The number of nitrogens with two attached hydrogens (primary N) is 3. The summed E-state index contributed by atoms with van der Waals surface area (Å²) < 4.78 is 30.1. The average molecular weight is 1430 g/mol. The molecule has 534 valence electrons. The molecule has 0 aliphatic carbocycles. The zero-order valence-electron chi connectivity index (χ0n) is 56.9. The van der Waals surface area contributed by atoms with Gasteiger partial charge < -0.3 is 87.6 Å². The molecule has 0 aromatic carbocycles. The zero-order valence-corrected chi connectivity index (χ0v) is 60.5. The normalized spacial score (nSPS) is 27.6. The highest BCUT2D eigenvalue weighted by molar-refractivity contribution is 7.73. The summed E-state index contributed by atoms with van der Waals surface area (Å²) in [6, 6.07) is 1.63. The summed E-state index contributed by atoms with van der Waals surface area (Å²) in [4.78, 5) is 46.5. The van der Waals surface area contributed by atoms with Gasteiger partial charge in [0.25, 0.3) is 0 Å². The van der Waals surface area contributed by atoms with Crippen molar-refractivity contribution < 1.29 is 59.8 Å². The second-order valence-corrected chi connectivity index (χ2v) is 45.0. The van der Waals surface area contributed by atoms with Gasteiger partial charge in [-0.05, 0) is 124 Å². The van der Waals surface area contributed by atoms with Gasteiger partial charge in [0.1, 0.15) is 83.9 Å². The van der Waals surface area contributed by atoms with Gasteiger partial charge in [-0.15, -0.1) is 52.7 Å². The number of ether oxygens (including phenoxy) is 4. The highest BCUT2D eigenvalue weighted by Gasteiger charge is 2.48. The fraction of sp³-hybridized carbons (Fsp3) is 0.590. The van der Waals surface area contributed by atoms with E-state index in [0.29, 0.717) is 100 Å². The Morgan fingerprint density at radius 3 is 1.26 bits per heavy atom.